The van der Waals surface area contributed by atoms with Crippen molar-refractivity contribution in [3.05, 3.63) is 58.2 Å². The Morgan fingerprint density at radius 3 is 2.49 bits per heavy atom. The molecule has 3 rings (SSSR count). The van der Waals surface area contributed by atoms with E-state index in [-0.39, 0.29) is 0 Å². The van der Waals surface area contributed by atoms with Gasteiger partial charge in [0.15, 0.2) is 11.7 Å². The number of aliphatic hydroxyl groups excluding tert-OH is 2. The van der Waals surface area contributed by atoms with E-state index >= 15 is 0 Å². The first-order chi connectivity index (χ1) is 16.3. The van der Waals surface area contributed by atoms with Crippen molar-refractivity contribution in [2.75, 3.05) is 7.11 Å². The Labute approximate surface area is 203 Å². The van der Waals surface area contributed by atoms with Crippen molar-refractivity contribution in [2.24, 2.45) is 0 Å². The molecule has 2 saturated heterocycles. The lowest BCUT2D eigenvalue weighted by atomic mass is 9.76. The van der Waals surface area contributed by atoms with Crippen LogP contribution in [0.1, 0.15) is 39.0 Å². The van der Waals surface area contributed by atoms with Crippen LogP contribution in [0.15, 0.2) is 45.7 Å². The molecule has 35 heavy (non-hydrogen) atoms. The fraction of sp³-hybridized carbons (Fsp3) is 0.520. The molecule has 0 aliphatic carbocycles. The molecular weight excluding hydrogens is 460 g/mol. The Hall–Kier alpha value is -2.76. The highest BCUT2D eigenvalue weighted by Crippen LogP contribution is 2.55. The lowest BCUT2D eigenvalue weighted by molar-refractivity contribution is -0.309. The van der Waals surface area contributed by atoms with Crippen LogP contribution in [0.4, 0.5) is 0 Å². The minimum Gasteiger partial charge on any atom is -0.496 e. The van der Waals surface area contributed by atoms with Gasteiger partial charge >= 0.3 is 11.6 Å². The Kier molecular flexibility index (Phi) is 7.45. The number of methoxy groups -OCH3 is 1. The van der Waals surface area contributed by atoms with E-state index in [1.54, 1.807) is 43.4 Å². The minimum absolute atomic E-state index is 0.359. The summed E-state index contributed by atoms with van der Waals surface area (Å²) < 4.78 is 27.5. The highest BCUT2D eigenvalue weighted by Gasteiger charge is 2.77. The number of fused-ring (bicyclic) bond motifs is 2. The fourth-order valence-electron chi connectivity index (χ4n) is 4.67. The summed E-state index contributed by atoms with van der Waals surface area (Å²) in [5.41, 5.74) is -3.07. The average Bonchev–Trinajstić information content (AvgIpc) is 2.91. The number of allylic oxidation sites excluding steroid dienone is 4. The van der Waals surface area contributed by atoms with Gasteiger partial charge in [0, 0.05) is 12.5 Å². The van der Waals surface area contributed by atoms with Crippen molar-refractivity contribution in [3.8, 4) is 5.75 Å². The van der Waals surface area contributed by atoms with E-state index in [4.69, 9.17) is 23.4 Å². The van der Waals surface area contributed by atoms with E-state index in [1.165, 1.54) is 40.9 Å². The predicted molar refractivity (Wildman–Crippen MR) is 125 cm³/mol. The van der Waals surface area contributed by atoms with Crippen molar-refractivity contribution < 1.29 is 43.5 Å². The zero-order valence-corrected chi connectivity index (χ0v) is 20.6. The molecule has 7 atom stereocenters. The maximum Gasteiger partial charge on any atom is 0.339 e. The monoisotopic (exact) mass is 492 g/mol. The summed E-state index contributed by atoms with van der Waals surface area (Å²) in [5, 5.41) is 32.4. The molecule has 192 valence electrons. The van der Waals surface area contributed by atoms with Gasteiger partial charge in [0.2, 0.25) is 5.79 Å². The number of hydrogen-bond acceptors (Lipinski definition) is 10. The molecule has 2 fully saturated rings. The summed E-state index contributed by atoms with van der Waals surface area (Å²) in [6, 6.07) is 1.27. The molecule has 0 aromatic carbocycles. The fourth-order valence-corrected chi connectivity index (χ4v) is 4.67. The second-order valence-electron chi connectivity index (χ2n) is 9.03. The normalized spacial score (nSPS) is 35.7. The third-order valence-electron chi connectivity index (χ3n) is 6.54. The Morgan fingerprint density at radius 1 is 1.23 bits per heavy atom. The second-order valence-corrected chi connectivity index (χ2v) is 9.03. The summed E-state index contributed by atoms with van der Waals surface area (Å²) in [4.78, 5) is 23.3. The number of carbonyl (C=O) groups is 1. The summed E-state index contributed by atoms with van der Waals surface area (Å²) in [6.07, 6.45) is 4.91. The molecule has 1 aromatic heterocycles. The van der Waals surface area contributed by atoms with Gasteiger partial charge in [0.1, 0.15) is 35.4 Å². The van der Waals surface area contributed by atoms with Crippen molar-refractivity contribution in [1.82, 2.24) is 0 Å². The molecule has 0 unspecified atom stereocenters. The first-order valence-corrected chi connectivity index (χ1v) is 11.1. The summed E-state index contributed by atoms with van der Waals surface area (Å²) in [5.74, 6) is -2.09. The molecule has 3 heterocycles. The maximum absolute atomic E-state index is 11.7. The van der Waals surface area contributed by atoms with Crippen LogP contribution < -0.4 is 10.4 Å². The Balaban J connectivity index is 1.80. The number of ether oxygens (including phenoxy) is 4. The third-order valence-corrected chi connectivity index (χ3v) is 6.54. The highest BCUT2D eigenvalue weighted by atomic mass is 16.7. The topological polar surface area (TPSA) is 145 Å². The standard InChI is InChI=1S/C25H32O10/c1-14-17(33-20(28)13-19(14)31-6)11-9-7-8-10-12-18-21(29)23(4)22(32-16(3)27)24(5,34-18)25(30,35-23)15(2)26/h7-13,15,18,21-22,26,29-30H,1-6H3/b8-7+,11-9+,12-10+/t15-,18+,21+,22-,23+,24+,25-/m1/s1. The lowest BCUT2D eigenvalue weighted by Gasteiger charge is -2.47. The van der Waals surface area contributed by atoms with E-state index in [0.29, 0.717) is 17.1 Å². The van der Waals surface area contributed by atoms with Crippen LogP contribution in [-0.2, 0) is 19.0 Å². The number of esters is 1. The van der Waals surface area contributed by atoms with E-state index < -0.39 is 53.0 Å². The SMILES string of the molecule is COc1cc(=O)oc(/C=C/C=C/C=C/[C@@H]2O[C@@]3(C)[C@H](OC(C)=O)[C@@](C)(O[C@]3(O)[C@@H](C)O)[C@H]2O)c1C. The van der Waals surface area contributed by atoms with E-state index in [1.807, 2.05) is 0 Å². The quantitative estimate of drug-likeness (QED) is 0.377. The highest BCUT2D eigenvalue weighted by molar-refractivity contribution is 5.66. The van der Waals surface area contributed by atoms with Crippen LogP contribution in [0.2, 0.25) is 0 Å². The zero-order chi connectivity index (χ0) is 26.2. The average molecular weight is 493 g/mol. The molecule has 2 bridgehead atoms. The summed E-state index contributed by atoms with van der Waals surface area (Å²) in [6.45, 7) is 7.25. The second kappa shape index (κ2) is 9.71. The molecule has 3 N–H and O–H groups in total. The zero-order valence-electron chi connectivity index (χ0n) is 20.6. The third kappa shape index (κ3) is 4.60. The van der Waals surface area contributed by atoms with Gasteiger partial charge in [-0.3, -0.25) is 4.79 Å². The Morgan fingerprint density at radius 2 is 1.89 bits per heavy atom. The number of carbonyl (C=O) groups excluding carboxylic acids is 1. The molecule has 10 nitrogen and oxygen atoms in total. The van der Waals surface area contributed by atoms with Crippen LogP contribution in [0.3, 0.4) is 0 Å². The van der Waals surface area contributed by atoms with Crippen molar-refractivity contribution in [3.63, 3.8) is 0 Å². The van der Waals surface area contributed by atoms with Gasteiger partial charge < -0.3 is 38.7 Å². The van der Waals surface area contributed by atoms with Gasteiger partial charge in [0.25, 0.3) is 0 Å². The largest absolute Gasteiger partial charge is 0.496 e. The lowest BCUT2D eigenvalue weighted by Crippen LogP contribution is -2.68. The van der Waals surface area contributed by atoms with Crippen molar-refractivity contribution in [1.29, 1.82) is 0 Å². The summed E-state index contributed by atoms with van der Waals surface area (Å²) in [7, 11) is 1.47. The number of hydrogen-bond donors (Lipinski definition) is 3. The van der Waals surface area contributed by atoms with Gasteiger partial charge in [-0.1, -0.05) is 30.4 Å². The molecule has 10 heteroatoms. The first kappa shape index (κ1) is 26.8. The van der Waals surface area contributed by atoms with Gasteiger partial charge in [-0.2, -0.15) is 0 Å². The van der Waals surface area contributed by atoms with Crippen LogP contribution >= 0.6 is 0 Å². The van der Waals surface area contributed by atoms with Gasteiger partial charge in [-0.25, -0.2) is 4.79 Å². The van der Waals surface area contributed by atoms with Crippen LogP contribution in [0.5, 0.6) is 5.75 Å². The number of aliphatic hydroxyl groups is 3. The maximum atomic E-state index is 11.7. The first-order valence-electron chi connectivity index (χ1n) is 11.1. The van der Waals surface area contributed by atoms with E-state index in [2.05, 4.69) is 0 Å². The van der Waals surface area contributed by atoms with Gasteiger partial charge in [-0.05, 0) is 33.8 Å². The van der Waals surface area contributed by atoms with E-state index in [9.17, 15) is 24.9 Å². The minimum atomic E-state index is -2.23. The van der Waals surface area contributed by atoms with Gasteiger partial charge in [-0.15, -0.1) is 0 Å². The molecule has 0 spiro atoms. The van der Waals surface area contributed by atoms with Gasteiger partial charge in [0.05, 0.1) is 13.2 Å². The molecule has 1 aromatic rings. The van der Waals surface area contributed by atoms with Crippen molar-refractivity contribution in [2.45, 2.75) is 76.0 Å². The van der Waals surface area contributed by atoms with Crippen LogP contribution in [0, 0.1) is 6.92 Å². The smallest absolute Gasteiger partial charge is 0.339 e. The van der Waals surface area contributed by atoms with E-state index in [0.717, 1.165) is 0 Å². The molecule has 2 aliphatic heterocycles. The molecule has 2 aliphatic rings. The molecule has 0 amide bonds. The summed E-state index contributed by atoms with van der Waals surface area (Å²) >= 11 is 0. The van der Waals surface area contributed by atoms with Crippen LogP contribution in [0.25, 0.3) is 6.08 Å². The number of rotatable bonds is 7. The van der Waals surface area contributed by atoms with Crippen LogP contribution in [-0.4, -0.2) is 69.8 Å². The Bertz CT molecular complexity index is 1100. The van der Waals surface area contributed by atoms with Crippen molar-refractivity contribution >= 4 is 12.0 Å². The molecule has 0 radical (unpaired) electrons. The molecular formula is C25H32O10. The predicted octanol–water partition coefficient (Wildman–Crippen LogP) is 1.39. The molecule has 0 saturated carbocycles.